The summed E-state index contributed by atoms with van der Waals surface area (Å²) in [5.41, 5.74) is -4.22. The van der Waals surface area contributed by atoms with Crippen molar-refractivity contribution in [1.82, 2.24) is 8.94 Å². The van der Waals surface area contributed by atoms with Gasteiger partial charge in [-0.3, -0.25) is 4.79 Å². The second-order valence-electron chi connectivity index (χ2n) is 6.44. The largest absolute Gasteiger partial charge is 0.416 e. The first-order valence-electron chi connectivity index (χ1n) is 8.47. The standard InChI is InChI=1S/C19H11F7N2O2S/c20-14-3-1-10(2-4-14)9-28-17(30)27-16(31-28)8-15(29)11-5-12(18(21,22)23)7-13(6-11)19(24,25)26/h1-7H,8-9H2. The van der Waals surface area contributed by atoms with Crippen molar-refractivity contribution in [3.8, 4) is 0 Å². The molecule has 0 saturated carbocycles. The quantitative estimate of drug-likeness (QED) is 0.397. The second kappa shape index (κ2) is 8.25. The third kappa shape index (κ3) is 5.57. The first-order chi connectivity index (χ1) is 14.3. The van der Waals surface area contributed by atoms with Gasteiger partial charge in [0.25, 0.3) is 0 Å². The van der Waals surface area contributed by atoms with Crippen molar-refractivity contribution in [3.05, 3.63) is 86.0 Å². The number of Topliss-reactive ketones (excluding diaryl/α,β-unsaturated/α-hetero) is 1. The van der Waals surface area contributed by atoms with Crippen molar-refractivity contribution in [3.63, 3.8) is 0 Å². The molecule has 0 unspecified atom stereocenters. The Labute approximate surface area is 173 Å². The van der Waals surface area contributed by atoms with Crippen molar-refractivity contribution in [2.45, 2.75) is 25.3 Å². The summed E-state index contributed by atoms with van der Waals surface area (Å²) in [7, 11) is 0. The predicted molar refractivity (Wildman–Crippen MR) is 96.4 cm³/mol. The predicted octanol–water partition coefficient (Wildman–Crippen LogP) is 4.96. The molecule has 1 aromatic heterocycles. The van der Waals surface area contributed by atoms with Gasteiger partial charge in [-0.2, -0.15) is 31.3 Å². The summed E-state index contributed by atoms with van der Waals surface area (Å²) in [5, 5.41) is -0.0805. The average Bonchev–Trinajstić information content (AvgIpc) is 3.00. The van der Waals surface area contributed by atoms with Crippen LogP contribution in [0.25, 0.3) is 0 Å². The number of carbonyl (C=O) groups is 1. The number of benzene rings is 2. The molecule has 0 aliphatic carbocycles. The molecule has 3 rings (SSSR count). The maximum atomic E-state index is 13.0. The molecule has 0 saturated heterocycles. The van der Waals surface area contributed by atoms with E-state index in [2.05, 4.69) is 4.98 Å². The Morgan fingerprint density at radius 3 is 2.00 bits per heavy atom. The number of halogens is 7. The summed E-state index contributed by atoms with van der Waals surface area (Å²) in [6, 6.07) is 5.79. The van der Waals surface area contributed by atoms with Crippen LogP contribution in [-0.4, -0.2) is 14.7 Å². The number of rotatable bonds is 5. The van der Waals surface area contributed by atoms with Crippen molar-refractivity contribution in [2.75, 3.05) is 0 Å². The molecule has 2 aromatic carbocycles. The van der Waals surface area contributed by atoms with Gasteiger partial charge in [0.1, 0.15) is 10.8 Å². The minimum Gasteiger partial charge on any atom is -0.294 e. The highest BCUT2D eigenvalue weighted by molar-refractivity contribution is 7.06. The molecule has 12 heteroatoms. The van der Waals surface area contributed by atoms with Gasteiger partial charge in [-0.1, -0.05) is 12.1 Å². The minimum absolute atomic E-state index is 0.00670. The molecule has 0 aliphatic heterocycles. The highest BCUT2D eigenvalue weighted by atomic mass is 32.1. The zero-order valence-corrected chi connectivity index (χ0v) is 16.0. The van der Waals surface area contributed by atoms with Crippen LogP contribution < -0.4 is 5.69 Å². The van der Waals surface area contributed by atoms with E-state index >= 15 is 0 Å². The van der Waals surface area contributed by atoms with Crippen molar-refractivity contribution in [2.24, 2.45) is 0 Å². The summed E-state index contributed by atoms with van der Waals surface area (Å²) in [4.78, 5) is 28.0. The van der Waals surface area contributed by atoms with Gasteiger partial charge < -0.3 is 0 Å². The van der Waals surface area contributed by atoms with E-state index in [4.69, 9.17) is 0 Å². The number of nitrogens with zero attached hydrogens (tertiary/aromatic N) is 2. The Kier molecular flexibility index (Phi) is 6.03. The lowest BCUT2D eigenvalue weighted by Crippen LogP contribution is -2.16. The van der Waals surface area contributed by atoms with Crippen LogP contribution in [0, 0.1) is 5.82 Å². The van der Waals surface area contributed by atoms with E-state index in [-0.39, 0.29) is 17.6 Å². The van der Waals surface area contributed by atoms with E-state index < -0.39 is 52.8 Å². The van der Waals surface area contributed by atoms with Crippen LogP contribution in [0.4, 0.5) is 30.7 Å². The molecule has 0 spiro atoms. The van der Waals surface area contributed by atoms with Crippen LogP contribution in [0.1, 0.15) is 32.1 Å². The fraction of sp³-hybridized carbons (Fsp3) is 0.211. The fourth-order valence-corrected chi connectivity index (χ4v) is 3.53. The number of aromatic nitrogens is 2. The number of carbonyl (C=O) groups excluding carboxylic acids is 1. The summed E-state index contributed by atoms with van der Waals surface area (Å²) in [5.74, 6) is -1.54. The van der Waals surface area contributed by atoms with Crippen molar-refractivity contribution >= 4 is 17.3 Å². The Balaban J connectivity index is 1.86. The van der Waals surface area contributed by atoms with Crippen LogP contribution in [0.5, 0.6) is 0 Å². The molecule has 1 heterocycles. The zero-order valence-electron chi connectivity index (χ0n) is 15.2. The smallest absolute Gasteiger partial charge is 0.294 e. The SMILES string of the molecule is O=C(Cc1nc(=O)n(Cc2ccc(F)cc2)s1)c1cc(C(F)(F)F)cc(C(F)(F)F)c1. The number of hydrogen-bond donors (Lipinski definition) is 0. The molecule has 0 bridgehead atoms. The van der Waals surface area contributed by atoms with E-state index in [1.165, 1.54) is 24.3 Å². The molecule has 4 nitrogen and oxygen atoms in total. The summed E-state index contributed by atoms with van der Waals surface area (Å²) >= 11 is 0.735. The Hall–Kier alpha value is -3.02. The van der Waals surface area contributed by atoms with Gasteiger partial charge in [0.2, 0.25) is 0 Å². The first kappa shape index (κ1) is 22.7. The van der Waals surface area contributed by atoms with Crippen LogP contribution >= 0.6 is 11.5 Å². The fourth-order valence-electron chi connectivity index (χ4n) is 2.63. The van der Waals surface area contributed by atoms with E-state index in [1.54, 1.807) is 0 Å². The maximum Gasteiger partial charge on any atom is 0.416 e. The minimum atomic E-state index is -5.09. The van der Waals surface area contributed by atoms with Gasteiger partial charge in [0, 0.05) is 5.56 Å². The van der Waals surface area contributed by atoms with E-state index in [0.717, 1.165) is 15.5 Å². The van der Waals surface area contributed by atoms with Crippen LogP contribution in [0.3, 0.4) is 0 Å². The van der Waals surface area contributed by atoms with E-state index in [1.807, 2.05) is 0 Å². The maximum absolute atomic E-state index is 13.0. The number of ketones is 1. The summed E-state index contributed by atoms with van der Waals surface area (Å²) in [6.45, 7) is 0.00670. The van der Waals surface area contributed by atoms with Gasteiger partial charge >= 0.3 is 18.0 Å². The highest BCUT2D eigenvalue weighted by Crippen LogP contribution is 2.36. The molecule has 0 fully saturated rings. The van der Waals surface area contributed by atoms with Gasteiger partial charge in [-0.25, -0.2) is 13.1 Å². The topological polar surface area (TPSA) is 52.0 Å². The second-order valence-corrected chi connectivity index (χ2v) is 7.53. The lowest BCUT2D eigenvalue weighted by atomic mass is 10.0. The Morgan fingerprint density at radius 1 is 0.935 bits per heavy atom. The lowest BCUT2D eigenvalue weighted by molar-refractivity contribution is -0.143. The van der Waals surface area contributed by atoms with E-state index in [0.29, 0.717) is 17.7 Å². The van der Waals surface area contributed by atoms with Crippen LogP contribution in [0.15, 0.2) is 47.3 Å². The normalized spacial score (nSPS) is 12.2. The molecular formula is C19H11F7N2O2S. The first-order valence-corrected chi connectivity index (χ1v) is 9.24. The lowest BCUT2D eigenvalue weighted by Gasteiger charge is -2.13. The third-order valence-corrected chi connectivity index (χ3v) is 5.06. The van der Waals surface area contributed by atoms with Crippen LogP contribution in [-0.2, 0) is 25.3 Å². The van der Waals surface area contributed by atoms with E-state index in [9.17, 15) is 40.3 Å². The Bertz CT molecular complexity index is 1130. The monoisotopic (exact) mass is 464 g/mol. The average molecular weight is 464 g/mol. The molecule has 0 aliphatic rings. The molecule has 3 aromatic rings. The molecule has 0 N–H and O–H groups in total. The molecule has 31 heavy (non-hydrogen) atoms. The summed E-state index contributed by atoms with van der Waals surface area (Å²) in [6.07, 6.45) is -10.8. The molecule has 0 radical (unpaired) electrons. The molecule has 0 atom stereocenters. The Morgan fingerprint density at radius 2 is 1.48 bits per heavy atom. The molecule has 164 valence electrons. The van der Waals surface area contributed by atoms with Gasteiger partial charge in [-0.05, 0) is 47.4 Å². The van der Waals surface area contributed by atoms with Crippen molar-refractivity contribution in [1.29, 1.82) is 0 Å². The van der Waals surface area contributed by atoms with Crippen LogP contribution in [0.2, 0.25) is 0 Å². The summed E-state index contributed by atoms with van der Waals surface area (Å²) < 4.78 is 91.8. The number of alkyl halides is 6. The van der Waals surface area contributed by atoms with Gasteiger partial charge in [0.15, 0.2) is 5.78 Å². The highest BCUT2D eigenvalue weighted by Gasteiger charge is 2.37. The van der Waals surface area contributed by atoms with Crippen molar-refractivity contribution < 1.29 is 35.5 Å². The zero-order chi connectivity index (χ0) is 23.0. The van der Waals surface area contributed by atoms with Gasteiger partial charge in [0.05, 0.1) is 24.1 Å². The number of hydrogen-bond acceptors (Lipinski definition) is 4. The molecular weight excluding hydrogens is 453 g/mol. The van der Waals surface area contributed by atoms with Gasteiger partial charge in [-0.15, -0.1) is 0 Å². The third-order valence-electron chi connectivity index (χ3n) is 4.11. The molecule has 0 amide bonds.